The number of nitrogens with one attached hydrogen (secondary N) is 2. The molecule has 2 N–H and O–H groups in total. The van der Waals surface area contributed by atoms with Crippen molar-refractivity contribution in [2.24, 2.45) is 0 Å². The van der Waals surface area contributed by atoms with Crippen LogP contribution in [0.3, 0.4) is 0 Å². The SMILES string of the molecule is CCc1nc(NCCC(=O)NCc2ccccc2)c2cc(Cl)cc(Cl)c2n1. The molecule has 0 spiro atoms. The summed E-state index contributed by atoms with van der Waals surface area (Å²) in [5.41, 5.74) is 1.72. The Kier molecular flexibility index (Phi) is 6.48. The number of aryl methyl sites for hydroxylation is 1. The third-order valence-electron chi connectivity index (χ3n) is 4.06. The van der Waals surface area contributed by atoms with Crippen molar-refractivity contribution in [2.45, 2.75) is 26.3 Å². The molecule has 0 saturated heterocycles. The molecule has 7 heteroatoms. The van der Waals surface area contributed by atoms with Crippen LogP contribution in [0.25, 0.3) is 10.9 Å². The molecule has 2 aromatic carbocycles. The van der Waals surface area contributed by atoms with Gasteiger partial charge < -0.3 is 10.6 Å². The second-order valence-corrected chi connectivity index (χ2v) is 6.91. The summed E-state index contributed by atoms with van der Waals surface area (Å²) in [6.07, 6.45) is 1.01. The minimum Gasteiger partial charge on any atom is -0.369 e. The highest BCUT2D eigenvalue weighted by Crippen LogP contribution is 2.30. The second-order valence-electron chi connectivity index (χ2n) is 6.06. The van der Waals surface area contributed by atoms with Crippen molar-refractivity contribution < 1.29 is 4.79 Å². The summed E-state index contributed by atoms with van der Waals surface area (Å²) in [7, 11) is 0. The summed E-state index contributed by atoms with van der Waals surface area (Å²) < 4.78 is 0. The first-order chi connectivity index (χ1) is 13.1. The molecule has 0 aliphatic carbocycles. The molecule has 27 heavy (non-hydrogen) atoms. The maximum atomic E-state index is 12.1. The Labute approximate surface area is 168 Å². The zero-order valence-corrected chi connectivity index (χ0v) is 16.4. The molecule has 3 rings (SSSR count). The van der Waals surface area contributed by atoms with Gasteiger partial charge in [-0.25, -0.2) is 9.97 Å². The fraction of sp³-hybridized carbons (Fsp3) is 0.250. The molecule has 0 saturated carbocycles. The number of nitrogens with zero attached hydrogens (tertiary/aromatic N) is 2. The fourth-order valence-corrected chi connectivity index (χ4v) is 3.21. The number of aromatic nitrogens is 2. The van der Waals surface area contributed by atoms with Crippen molar-refractivity contribution in [2.75, 3.05) is 11.9 Å². The molecule has 0 radical (unpaired) electrons. The number of fused-ring (bicyclic) bond motifs is 1. The van der Waals surface area contributed by atoms with Gasteiger partial charge in [0, 0.05) is 36.3 Å². The highest BCUT2D eigenvalue weighted by atomic mass is 35.5. The third-order valence-corrected chi connectivity index (χ3v) is 4.56. The van der Waals surface area contributed by atoms with Crippen LogP contribution >= 0.6 is 23.2 Å². The van der Waals surface area contributed by atoms with E-state index in [2.05, 4.69) is 20.6 Å². The first kappa shape index (κ1) is 19.4. The number of carbonyl (C=O) groups is 1. The van der Waals surface area contributed by atoms with E-state index >= 15 is 0 Å². The molecule has 0 aliphatic rings. The van der Waals surface area contributed by atoms with E-state index in [0.29, 0.717) is 53.1 Å². The highest BCUT2D eigenvalue weighted by Gasteiger charge is 2.11. The van der Waals surface area contributed by atoms with Crippen molar-refractivity contribution in [3.05, 3.63) is 63.9 Å². The predicted octanol–water partition coefficient (Wildman–Crippen LogP) is 4.62. The van der Waals surface area contributed by atoms with Crippen LogP contribution < -0.4 is 10.6 Å². The van der Waals surface area contributed by atoms with Crippen LogP contribution in [0.1, 0.15) is 24.7 Å². The van der Waals surface area contributed by atoms with Gasteiger partial charge in [-0.1, -0.05) is 60.5 Å². The molecule has 3 aromatic rings. The Bertz CT molecular complexity index is 948. The van der Waals surface area contributed by atoms with E-state index in [4.69, 9.17) is 23.2 Å². The largest absolute Gasteiger partial charge is 0.369 e. The van der Waals surface area contributed by atoms with E-state index in [1.165, 1.54) is 0 Å². The molecular formula is C20H20Cl2N4O. The Hall–Kier alpha value is -2.37. The molecule has 1 amide bonds. The van der Waals surface area contributed by atoms with Gasteiger partial charge in [0.1, 0.15) is 11.6 Å². The van der Waals surface area contributed by atoms with Crippen molar-refractivity contribution in [3.8, 4) is 0 Å². The van der Waals surface area contributed by atoms with Crippen LogP contribution in [0.5, 0.6) is 0 Å². The van der Waals surface area contributed by atoms with Gasteiger partial charge in [-0.3, -0.25) is 4.79 Å². The van der Waals surface area contributed by atoms with E-state index < -0.39 is 0 Å². The Morgan fingerprint density at radius 3 is 2.63 bits per heavy atom. The smallest absolute Gasteiger partial charge is 0.222 e. The van der Waals surface area contributed by atoms with Gasteiger partial charge in [-0.2, -0.15) is 0 Å². The lowest BCUT2D eigenvalue weighted by Gasteiger charge is -2.12. The predicted molar refractivity (Wildman–Crippen MR) is 110 cm³/mol. The van der Waals surface area contributed by atoms with Crippen LogP contribution in [-0.2, 0) is 17.8 Å². The molecule has 0 aliphatic heterocycles. The van der Waals surface area contributed by atoms with Gasteiger partial charge in [0.15, 0.2) is 0 Å². The number of rotatable bonds is 7. The van der Waals surface area contributed by atoms with E-state index in [1.807, 2.05) is 37.3 Å². The first-order valence-corrected chi connectivity index (χ1v) is 9.52. The van der Waals surface area contributed by atoms with Crippen LogP contribution in [0.2, 0.25) is 10.0 Å². The lowest BCUT2D eigenvalue weighted by Crippen LogP contribution is -2.25. The van der Waals surface area contributed by atoms with Gasteiger partial charge in [0.25, 0.3) is 0 Å². The Morgan fingerprint density at radius 2 is 1.89 bits per heavy atom. The van der Waals surface area contributed by atoms with Gasteiger partial charge in [-0.05, 0) is 17.7 Å². The van der Waals surface area contributed by atoms with Gasteiger partial charge >= 0.3 is 0 Å². The zero-order chi connectivity index (χ0) is 19.2. The topological polar surface area (TPSA) is 66.9 Å². The minimum absolute atomic E-state index is 0.0310. The summed E-state index contributed by atoms with van der Waals surface area (Å²) in [6.45, 7) is 2.94. The number of anilines is 1. The lowest BCUT2D eigenvalue weighted by molar-refractivity contribution is -0.121. The van der Waals surface area contributed by atoms with Crippen molar-refractivity contribution >= 4 is 45.8 Å². The minimum atomic E-state index is -0.0310. The van der Waals surface area contributed by atoms with Gasteiger partial charge in [0.05, 0.1) is 10.5 Å². The molecule has 5 nitrogen and oxygen atoms in total. The number of halogens is 2. The molecule has 0 unspecified atom stereocenters. The zero-order valence-electron chi connectivity index (χ0n) is 14.9. The average Bonchev–Trinajstić information content (AvgIpc) is 2.67. The normalized spacial score (nSPS) is 10.8. The van der Waals surface area contributed by atoms with E-state index in [0.717, 1.165) is 10.9 Å². The molecule has 0 fully saturated rings. The van der Waals surface area contributed by atoms with Crippen molar-refractivity contribution in [1.29, 1.82) is 0 Å². The van der Waals surface area contributed by atoms with Gasteiger partial charge in [-0.15, -0.1) is 0 Å². The van der Waals surface area contributed by atoms with Crippen LogP contribution in [0, 0.1) is 0 Å². The molecule has 1 heterocycles. The quantitative estimate of drug-likeness (QED) is 0.604. The average molecular weight is 403 g/mol. The summed E-state index contributed by atoms with van der Waals surface area (Å²) in [4.78, 5) is 21.1. The molecular weight excluding hydrogens is 383 g/mol. The molecule has 0 atom stereocenters. The maximum Gasteiger partial charge on any atom is 0.222 e. The molecule has 140 valence electrons. The van der Waals surface area contributed by atoms with Gasteiger partial charge in [0.2, 0.25) is 5.91 Å². The van der Waals surface area contributed by atoms with Crippen LogP contribution in [0.4, 0.5) is 5.82 Å². The number of hydrogen-bond acceptors (Lipinski definition) is 4. The summed E-state index contributed by atoms with van der Waals surface area (Å²) in [5.74, 6) is 1.29. The summed E-state index contributed by atoms with van der Waals surface area (Å²) in [5, 5.41) is 7.87. The number of benzene rings is 2. The highest BCUT2D eigenvalue weighted by molar-refractivity contribution is 6.38. The summed E-state index contributed by atoms with van der Waals surface area (Å²) in [6, 6.07) is 13.2. The maximum absolute atomic E-state index is 12.1. The second kappa shape index (κ2) is 9.02. The van der Waals surface area contributed by atoms with Crippen molar-refractivity contribution in [3.63, 3.8) is 0 Å². The van der Waals surface area contributed by atoms with E-state index in [1.54, 1.807) is 12.1 Å². The third kappa shape index (κ3) is 5.08. The lowest BCUT2D eigenvalue weighted by atomic mass is 10.2. The van der Waals surface area contributed by atoms with Crippen LogP contribution in [0.15, 0.2) is 42.5 Å². The van der Waals surface area contributed by atoms with Crippen LogP contribution in [-0.4, -0.2) is 22.4 Å². The standard InChI is InChI=1S/C20H20Cl2N4O/c1-2-17-25-19-15(10-14(21)11-16(19)22)20(26-17)23-9-8-18(27)24-12-13-6-4-3-5-7-13/h3-7,10-11H,2,8-9,12H2,1H3,(H,24,27)(H,23,25,26). The number of carbonyl (C=O) groups excluding carboxylic acids is 1. The Balaban J connectivity index is 1.65. The number of amides is 1. The monoisotopic (exact) mass is 402 g/mol. The number of hydrogen-bond donors (Lipinski definition) is 2. The first-order valence-electron chi connectivity index (χ1n) is 8.77. The molecule has 0 bridgehead atoms. The fourth-order valence-electron chi connectivity index (χ4n) is 2.68. The van der Waals surface area contributed by atoms with Crippen molar-refractivity contribution in [1.82, 2.24) is 15.3 Å². The summed E-state index contributed by atoms with van der Waals surface area (Å²) >= 11 is 12.4. The Morgan fingerprint density at radius 1 is 1.11 bits per heavy atom. The molecule has 1 aromatic heterocycles. The van der Waals surface area contributed by atoms with E-state index in [9.17, 15) is 4.79 Å². The van der Waals surface area contributed by atoms with E-state index in [-0.39, 0.29) is 5.91 Å².